The topological polar surface area (TPSA) is 129 Å². The largest absolute Gasteiger partial charge is 0.472 e. The highest BCUT2D eigenvalue weighted by molar-refractivity contribution is 7.47. The van der Waals surface area contributed by atoms with Crippen LogP contribution >= 0.6 is 7.82 Å². The summed E-state index contributed by atoms with van der Waals surface area (Å²) < 4.78 is 34.2. The monoisotopic (exact) mass is 873 g/mol. The molecule has 2 N–H and O–H groups in total. The zero-order valence-electron chi connectivity index (χ0n) is 38.5. The highest BCUT2D eigenvalue weighted by atomic mass is 31.2. The maximum absolute atomic E-state index is 12.7. The van der Waals surface area contributed by atoms with Gasteiger partial charge in [0.2, 0.25) is 0 Å². The first-order valence-electron chi connectivity index (χ1n) is 22.7. The Morgan fingerprint density at radius 3 is 1.75 bits per heavy atom. The third kappa shape index (κ3) is 44.5. The van der Waals surface area contributed by atoms with Crippen LogP contribution in [0.5, 0.6) is 0 Å². The van der Waals surface area contributed by atoms with Crippen molar-refractivity contribution in [2.45, 2.75) is 148 Å². The summed E-state index contributed by atoms with van der Waals surface area (Å²) in [7, 11) is 1.36. The Labute approximate surface area is 370 Å². The molecule has 0 aliphatic heterocycles. The number of phosphoric ester groups is 1. The van der Waals surface area contributed by atoms with Crippen LogP contribution in [0, 0.1) is 0 Å². The molecule has 2 unspecified atom stereocenters. The SMILES string of the molecule is CC/C=C\C/C=C\CC(O)/C=C/C=C\C/C=C\CCCC(=O)O[C@H](COC(=O)CCCCC/C=C\C/C=C\C/C=C\C/C=C\CCCCC)COP(=O)(O)OCC[N+](C)(C)C. The van der Waals surface area contributed by atoms with Gasteiger partial charge in [-0.2, -0.15) is 0 Å². The molecule has 11 heteroatoms. The zero-order valence-corrected chi connectivity index (χ0v) is 39.4. The van der Waals surface area contributed by atoms with Crippen LogP contribution in [0.4, 0.5) is 0 Å². The van der Waals surface area contributed by atoms with Gasteiger partial charge >= 0.3 is 19.8 Å². The summed E-state index contributed by atoms with van der Waals surface area (Å²) in [6.45, 7) is 4.05. The second-order valence-electron chi connectivity index (χ2n) is 15.9. The van der Waals surface area contributed by atoms with Crippen molar-refractivity contribution in [3.63, 3.8) is 0 Å². The average molecular weight is 873 g/mol. The van der Waals surface area contributed by atoms with E-state index >= 15 is 0 Å². The van der Waals surface area contributed by atoms with E-state index in [-0.39, 0.29) is 26.1 Å². The summed E-state index contributed by atoms with van der Waals surface area (Å²) in [6.07, 6.45) is 51.7. The molecule has 0 aliphatic carbocycles. The van der Waals surface area contributed by atoms with Gasteiger partial charge < -0.3 is 24.0 Å². The predicted octanol–water partition coefficient (Wildman–Crippen LogP) is 12.1. The van der Waals surface area contributed by atoms with Gasteiger partial charge in [0.1, 0.15) is 19.8 Å². The van der Waals surface area contributed by atoms with E-state index in [0.29, 0.717) is 43.1 Å². The van der Waals surface area contributed by atoms with Crippen LogP contribution < -0.4 is 0 Å². The molecule has 0 bridgehead atoms. The van der Waals surface area contributed by atoms with Crippen LogP contribution in [0.3, 0.4) is 0 Å². The standard InChI is InChI=1S/C50H82NO9P/c1-6-8-10-12-14-15-16-17-18-19-20-21-22-23-24-25-29-33-37-41-49(53)57-45-48(46-59-61(55,56)58-44-43-51(3,4)5)60-50(54)42-38-34-30-27-26-28-32-36-40-47(52)39-35-31-13-11-9-7-2/h9,11,14-15,17-18,20-21,23-24,27-28,30-32,35-36,40,47-48,52H,6-8,10,12-13,16,19,22,25-26,29,33-34,37-39,41-46H2,1-5H3/p+1/b11-9-,15-14-,18-17-,21-20-,24-23-,30-27-,32-28-,35-31-,40-36+/t47?,48-/m1/s1. The molecule has 0 aliphatic rings. The summed E-state index contributed by atoms with van der Waals surface area (Å²) >= 11 is 0. The Hall–Kier alpha value is -3.37. The molecule has 0 aromatic rings. The number of likely N-dealkylation sites (N-methyl/N-ethyl adjacent to an activating group) is 1. The van der Waals surface area contributed by atoms with E-state index in [2.05, 4.69) is 74.6 Å². The fraction of sp³-hybridized carbons (Fsp3) is 0.600. The second-order valence-corrected chi connectivity index (χ2v) is 17.3. The molecule has 3 atom stereocenters. The van der Waals surface area contributed by atoms with E-state index in [9.17, 15) is 24.2 Å². The van der Waals surface area contributed by atoms with Crippen LogP contribution in [-0.2, 0) is 32.7 Å². The summed E-state index contributed by atoms with van der Waals surface area (Å²) in [4.78, 5) is 35.4. The Kier molecular flexibility index (Phi) is 38.4. The Bertz CT molecular complexity index is 1420. The van der Waals surface area contributed by atoms with Gasteiger partial charge in [0, 0.05) is 12.8 Å². The number of carbonyl (C=O) groups is 2. The highest BCUT2D eigenvalue weighted by Gasteiger charge is 2.27. The number of allylic oxidation sites excluding steroid dienone is 16. The number of aliphatic hydroxyl groups is 1. The summed E-state index contributed by atoms with van der Waals surface area (Å²) in [5, 5.41) is 10.0. The Morgan fingerprint density at radius 2 is 1.15 bits per heavy atom. The van der Waals surface area contributed by atoms with Gasteiger partial charge in [-0.25, -0.2) is 4.57 Å². The number of phosphoric acid groups is 1. The second kappa shape index (κ2) is 40.7. The average Bonchev–Trinajstić information content (AvgIpc) is 3.21. The first kappa shape index (κ1) is 57.6. The van der Waals surface area contributed by atoms with Crippen LogP contribution in [0.15, 0.2) is 109 Å². The molecule has 0 spiro atoms. The number of ether oxygens (including phenoxy) is 2. The van der Waals surface area contributed by atoms with Crippen molar-refractivity contribution >= 4 is 19.8 Å². The van der Waals surface area contributed by atoms with Gasteiger partial charge in [0.15, 0.2) is 6.10 Å². The minimum Gasteiger partial charge on any atom is -0.462 e. The lowest BCUT2D eigenvalue weighted by Crippen LogP contribution is -2.37. The normalized spacial score (nSPS) is 15.1. The number of aliphatic hydroxyl groups excluding tert-OH is 1. The van der Waals surface area contributed by atoms with Crippen LogP contribution in [0.25, 0.3) is 0 Å². The molecule has 10 nitrogen and oxygen atoms in total. The van der Waals surface area contributed by atoms with Gasteiger partial charge in [-0.1, -0.05) is 142 Å². The number of unbranched alkanes of at least 4 members (excludes halogenated alkanes) is 7. The van der Waals surface area contributed by atoms with E-state index in [0.717, 1.165) is 51.4 Å². The fourth-order valence-corrected chi connectivity index (χ4v) is 6.03. The molecular formula is C50H83NO9P+. The lowest BCUT2D eigenvalue weighted by atomic mass is 10.1. The molecule has 0 fully saturated rings. The van der Waals surface area contributed by atoms with E-state index in [1.54, 1.807) is 6.08 Å². The smallest absolute Gasteiger partial charge is 0.462 e. The summed E-state index contributed by atoms with van der Waals surface area (Å²) in [6, 6.07) is 0. The van der Waals surface area contributed by atoms with Gasteiger partial charge in [-0.3, -0.25) is 18.6 Å². The molecule has 0 rings (SSSR count). The quantitative estimate of drug-likeness (QED) is 0.0155. The van der Waals surface area contributed by atoms with E-state index in [1.807, 2.05) is 63.7 Å². The molecule has 346 valence electrons. The van der Waals surface area contributed by atoms with Gasteiger partial charge in [-0.15, -0.1) is 0 Å². The van der Waals surface area contributed by atoms with Crippen molar-refractivity contribution in [1.82, 2.24) is 0 Å². The van der Waals surface area contributed by atoms with Crippen LogP contribution in [-0.4, -0.2) is 86.1 Å². The number of esters is 2. The van der Waals surface area contributed by atoms with Crippen molar-refractivity contribution in [2.24, 2.45) is 0 Å². The predicted molar refractivity (Wildman–Crippen MR) is 253 cm³/mol. The van der Waals surface area contributed by atoms with E-state index < -0.39 is 38.6 Å². The molecule has 0 saturated carbocycles. The maximum atomic E-state index is 12.7. The first-order valence-corrected chi connectivity index (χ1v) is 24.2. The number of hydrogen-bond donors (Lipinski definition) is 2. The number of rotatable bonds is 39. The lowest BCUT2D eigenvalue weighted by Gasteiger charge is -2.24. The summed E-state index contributed by atoms with van der Waals surface area (Å²) in [5.41, 5.74) is 0. The molecule has 0 saturated heterocycles. The molecule has 0 aromatic carbocycles. The lowest BCUT2D eigenvalue weighted by molar-refractivity contribution is -0.870. The van der Waals surface area contributed by atoms with Crippen molar-refractivity contribution in [2.75, 3.05) is 47.5 Å². The van der Waals surface area contributed by atoms with Crippen LogP contribution in [0.2, 0.25) is 0 Å². The van der Waals surface area contributed by atoms with E-state index in [1.165, 1.54) is 25.7 Å². The van der Waals surface area contributed by atoms with Crippen molar-refractivity contribution in [1.29, 1.82) is 0 Å². The molecule has 0 heterocycles. The van der Waals surface area contributed by atoms with Gasteiger partial charge in [0.05, 0.1) is 33.9 Å². The minimum atomic E-state index is -4.42. The number of carbonyl (C=O) groups excluding carboxylic acids is 2. The Morgan fingerprint density at radius 1 is 0.607 bits per heavy atom. The molecule has 61 heavy (non-hydrogen) atoms. The minimum absolute atomic E-state index is 0.00227. The third-order valence-corrected chi connectivity index (χ3v) is 9.85. The number of hydrogen-bond acceptors (Lipinski definition) is 8. The van der Waals surface area contributed by atoms with Crippen molar-refractivity contribution in [3.8, 4) is 0 Å². The van der Waals surface area contributed by atoms with Crippen LogP contribution in [0.1, 0.15) is 136 Å². The molecule has 0 radical (unpaired) electrons. The Balaban J connectivity index is 4.58. The third-order valence-electron chi connectivity index (χ3n) is 8.87. The molecule has 0 aromatic heterocycles. The zero-order chi connectivity index (χ0) is 45.1. The number of quaternary nitrogens is 1. The van der Waals surface area contributed by atoms with E-state index in [4.69, 9.17) is 18.5 Å². The highest BCUT2D eigenvalue weighted by Crippen LogP contribution is 2.43. The summed E-state index contributed by atoms with van der Waals surface area (Å²) in [5.74, 6) is -0.955. The molecular weight excluding hydrogens is 790 g/mol. The fourth-order valence-electron chi connectivity index (χ4n) is 5.29. The van der Waals surface area contributed by atoms with Gasteiger partial charge in [-0.05, 0) is 89.9 Å². The van der Waals surface area contributed by atoms with Crippen molar-refractivity contribution in [3.05, 3.63) is 109 Å². The molecule has 0 amide bonds. The number of nitrogens with zero attached hydrogens (tertiary/aromatic N) is 1. The van der Waals surface area contributed by atoms with Gasteiger partial charge in [0.25, 0.3) is 0 Å². The van der Waals surface area contributed by atoms with Crippen molar-refractivity contribution < 1.29 is 47.2 Å². The maximum Gasteiger partial charge on any atom is 0.472 e. The first-order chi connectivity index (χ1) is 29.4.